The lowest BCUT2D eigenvalue weighted by molar-refractivity contribution is -0.132. The fourth-order valence-corrected chi connectivity index (χ4v) is 2.29. The maximum atomic E-state index is 13.1. The van der Waals surface area contributed by atoms with Gasteiger partial charge in [-0.3, -0.25) is 19.0 Å². The quantitative estimate of drug-likeness (QED) is 0.628. The van der Waals surface area contributed by atoms with Crippen LogP contribution in [0, 0.1) is 6.88 Å². The van der Waals surface area contributed by atoms with E-state index < -0.39 is 61.1 Å². The van der Waals surface area contributed by atoms with Gasteiger partial charge in [0.2, 0.25) is 0 Å². The average Bonchev–Trinajstić information content (AvgIpc) is 2.57. The van der Waals surface area contributed by atoms with Gasteiger partial charge in [-0.2, -0.15) is 0 Å². The lowest BCUT2D eigenvalue weighted by atomic mass is 9.92. The van der Waals surface area contributed by atoms with Crippen LogP contribution in [0.5, 0.6) is 0 Å². The highest BCUT2D eigenvalue weighted by molar-refractivity contribution is 6.03. The topological polar surface area (TPSA) is 95.0 Å². The molecule has 0 aliphatic heterocycles. The maximum absolute atomic E-state index is 13.1. The van der Waals surface area contributed by atoms with Crippen molar-refractivity contribution in [3.05, 3.63) is 34.3 Å². The van der Waals surface area contributed by atoms with Crippen LogP contribution >= 0.6 is 0 Å². The zero-order valence-electron chi connectivity index (χ0n) is 16.8. The van der Waals surface area contributed by atoms with Gasteiger partial charge in [0.05, 0.1) is 27.5 Å². The number of nitrogen functional groups attached to an aromatic ring is 1. The number of aromatic nitrogens is 2. The molecule has 21 heavy (non-hydrogen) atoms. The first-order valence-electron chi connectivity index (χ1n) is 9.37. The van der Waals surface area contributed by atoms with Crippen LogP contribution in [0.2, 0.25) is 0 Å². The molecule has 1 aliphatic carbocycles. The number of hydrogen-bond donors (Lipinski definition) is 1. The molecular formula is C15H15N3O3. The van der Waals surface area contributed by atoms with Gasteiger partial charge in [-0.15, -0.1) is 0 Å². The van der Waals surface area contributed by atoms with Gasteiger partial charge in [-0.1, -0.05) is 6.04 Å². The predicted molar refractivity (Wildman–Crippen MR) is 78.1 cm³/mol. The number of ketones is 2. The van der Waals surface area contributed by atoms with Crippen molar-refractivity contribution in [1.82, 2.24) is 9.55 Å². The number of nitrogens with zero attached hydrogens (tertiary/aromatic N) is 2. The Morgan fingerprint density at radius 2 is 2.38 bits per heavy atom. The number of rotatable bonds is 1. The van der Waals surface area contributed by atoms with Crippen LogP contribution in [0.1, 0.15) is 39.3 Å². The molecule has 2 atom stereocenters. The van der Waals surface area contributed by atoms with E-state index in [2.05, 4.69) is 4.98 Å². The van der Waals surface area contributed by atoms with Crippen molar-refractivity contribution in [3.8, 4) is 0 Å². The summed E-state index contributed by atoms with van der Waals surface area (Å²) in [4.78, 5) is 41.2. The number of carbonyl (C=O) groups is 2. The van der Waals surface area contributed by atoms with Crippen molar-refractivity contribution in [1.29, 1.82) is 0 Å². The summed E-state index contributed by atoms with van der Waals surface area (Å²) in [6.07, 6.45) is -2.75. The highest BCUT2D eigenvalue weighted by Gasteiger charge is 2.30. The molecule has 2 aromatic rings. The van der Waals surface area contributed by atoms with Crippen molar-refractivity contribution in [2.24, 2.45) is 0 Å². The fourth-order valence-electron chi connectivity index (χ4n) is 2.29. The molecule has 2 unspecified atom stereocenters. The second-order valence-electron chi connectivity index (χ2n) is 4.62. The number of nitrogens with two attached hydrogens (primary N) is 1. The van der Waals surface area contributed by atoms with Crippen LogP contribution in [0.25, 0.3) is 10.9 Å². The van der Waals surface area contributed by atoms with Gasteiger partial charge >= 0.3 is 0 Å². The van der Waals surface area contributed by atoms with E-state index in [1.807, 2.05) is 0 Å². The number of fused-ring (bicyclic) bond motifs is 1. The summed E-state index contributed by atoms with van der Waals surface area (Å²) in [5.74, 6) is -2.15. The normalized spacial score (nSPS) is 30.4. The first-order chi connectivity index (χ1) is 12.5. The Morgan fingerprint density at radius 1 is 1.57 bits per heavy atom. The molecule has 6 nitrogen and oxygen atoms in total. The molecule has 3 rings (SSSR count). The summed E-state index contributed by atoms with van der Waals surface area (Å²) in [6.45, 7) is -1.86. The Balaban J connectivity index is 2.43. The van der Waals surface area contributed by atoms with Gasteiger partial charge in [-0.05, 0) is 25.4 Å². The largest absolute Gasteiger partial charge is 0.398 e. The number of benzene rings is 1. The molecular weight excluding hydrogens is 270 g/mol. The zero-order valence-corrected chi connectivity index (χ0v) is 10.8. The molecule has 1 heterocycles. The van der Waals surface area contributed by atoms with Gasteiger partial charge in [-0.25, -0.2) is 4.98 Å². The van der Waals surface area contributed by atoms with Crippen LogP contribution in [-0.2, 0) is 9.59 Å². The lowest BCUT2D eigenvalue weighted by Crippen LogP contribution is -2.36. The Kier molecular flexibility index (Phi) is 1.84. The molecule has 0 radical (unpaired) electrons. The van der Waals surface area contributed by atoms with Gasteiger partial charge in [0, 0.05) is 16.2 Å². The zero-order chi connectivity index (χ0) is 20.3. The Hall–Kier alpha value is -2.50. The third-order valence-electron chi connectivity index (χ3n) is 3.27. The van der Waals surface area contributed by atoms with E-state index in [1.165, 1.54) is 0 Å². The number of anilines is 1. The van der Waals surface area contributed by atoms with Gasteiger partial charge in [0.1, 0.15) is 11.6 Å². The lowest BCUT2D eigenvalue weighted by Gasteiger charge is -2.24. The highest BCUT2D eigenvalue weighted by Crippen LogP contribution is 2.24. The number of carbonyl (C=O) groups excluding carboxylic acids is 2. The maximum Gasteiger partial charge on any atom is 0.264 e. The first kappa shape index (κ1) is 8.07. The third kappa shape index (κ3) is 2.12. The standard InChI is InChI=1S/C15H15N3O3/c1-8-17-11-4-2-3-10(16)14(11)15(21)18(8)12-6-5-9(19)7-13(12)20/h2-4,12H,5-7,16H2,1H3/i1D2,2D,3D,5D,12D. The summed E-state index contributed by atoms with van der Waals surface area (Å²) in [7, 11) is 0. The van der Waals surface area contributed by atoms with Crippen molar-refractivity contribution in [2.45, 2.75) is 32.1 Å². The second-order valence-corrected chi connectivity index (χ2v) is 4.62. The molecule has 6 heteroatoms. The number of hydrogen-bond acceptors (Lipinski definition) is 5. The Bertz CT molecular complexity index is 1050. The van der Waals surface area contributed by atoms with E-state index >= 15 is 0 Å². The average molecular weight is 291 g/mol. The Morgan fingerprint density at radius 3 is 3.14 bits per heavy atom. The van der Waals surface area contributed by atoms with Crippen molar-refractivity contribution in [3.63, 3.8) is 0 Å². The second kappa shape index (κ2) is 4.80. The monoisotopic (exact) mass is 291 g/mol. The summed E-state index contributed by atoms with van der Waals surface area (Å²) in [6, 6.07) is -2.05. The van der Waals surface area contributed by atoms with E-state index in [-0.39, 0.29) is 22.6 Å². The van der Waals surface area contributed by atoms with Gasteiger partial charge in [0.15, 0.2) is 5.78 Å². The molecule has 108 valence electrons. The molecule has 1 aromatic carbocycles. The minimum absolute atomic E-state index is 0.125. The molecule has 1 aromatic heterocycles. The van der Waals surface area contributed by atoms with Crippen LogP contribution in [-0.4, -0.2) is 21.1 Å². The first-order valence-corrected chi connectivity index (χ1v) is 6.14. The van der Waals surface area contributed by atoms with E-state index in [0.29, 0.717) is 4.57 Å². The van der Waals surface area contributed by atoms with E-state index in [1.54, 1.807) is 0 Å². The SMILES string of the molecule is [2H]c1cc2nc(C([2H])[2H])n(C3([2H])CC([2H])C(=O)CC3=O)c(=O)c2c(N)c1[2H]. The molecule has 1 aliphatic rings. The molecule has 0 spiro atoms. The number of Topliss-reactive ketones (excluding diaryl/α,β-unsaturated/α-hetero) is 2. The molecule has 0 saturated heterocycles. The van der Waals surface area contributed by atoms with Gasteiger partial charge in [0.25, 0.3) is 5.56 Å². The third-order valence-corrected chi connectivity index (χ3v) is 3.27. The van der Waals surface area contributed by atoms with Crippen molar-refractivity contribution in [2.75, 3.05) is 5.73 Å². The summed E-state index contributed by atoms with van der Waals surface area (Å²) >= 11 is 0. The molecule has 1 fully saturated rings. The molecule has 0 amide bonds. The van der Waals surface area contributed by atoms with Crippen LogP contribution < -0.4 is 11.3 Å². The van der Waals surface area contributed by atoms with Crippen LogP contribution in [0.4, 0.5) is 5.69 Å². The summed E-state index contributed by atoms with van der Waals surface area (Å²) < 4.78 is 47.6. The highest BCUT2D eigenvalue weighted by atomic mass is 16.2. The minimum Gasteiger partial charge on any atom is -0.398 e. The van der Waals surface area contributed by atoms with Gasteiger partial charge < -0.3 is 5.73 Å². The number of aryl methyl sites for hydroxylation is 1. The van der Waals surface area contributed by atoms with E-state index in [0.717, 1.165) is 6.07 Å². The minimum atomic E-state index is -2.39. The smallest absolute Gasteiger partial charge is 0.264 e. The fraction of sp³-hybridized carbons (Fsp3) is 0.333. The molecule has 0 bridgehead atoms. The Labute approximate surface area is 129 Å². The molecule has 1 saturated carbocycles. The summed E-state index contributed by atoms with van der Waals surface area (Å²) in [5.41, 5.74) is 4.27. The van der Waals surface area contributed by atoms with Crippen LogP contribution in [0.15, 0.2) is 22.9 Å². The predicted octanol–water partition coefficient (Wildman–Crippen LogP) is 1.15. The van der Waals surface area contributed by atoms with E-state index in [9.17, 15) is 14.4 Å². The van der Waals surface area contributed by atoms with Crippen LogP contribution in [0.3, 0.4) is 0 Å². The molecule has 2 N–H and O–H groups in total. The van der Waals surface area contributed by atoms with Crippen molar-refractivity contribution >= 4 is 28.2 Å². The van der Waals surface area contributed by atoms with Crippen molar-refractivity contribution < 1.29 is 17.8 Å². The van der Waals surface area contributed by atoms with E-state index in [4.69, 9.17) is 14.0 Å². The summed E-state index contributed by atoms with van der Waals surface area (Å²) in [5, 5.41) is -0.307.